The van der Waals surface area contributed by atoms with Gasteiger partial charge in [0.15, 0.2) is 0 Å². The van der Waals surface area contributed by atoms with Gasteiger partial charge in [0, 0.05) is 77.6 Å². The molecule has 0 radical (unpaired) electrons. The van der Waals surface area contributed by atoms with Gasteiger partial charge in [-0.15, -0.1) is 0 Å². The maximum Gasteiger partial charge on any atom is 0.384 e. The van der Waals surface area contributed by atoms with E-state index in [-0.39, 0.29) is 55.4 Å². The van der Waals surface area contributed by atoms with E-state index in [9.17, 15) is 124 Å². The number of carboxylic acids is 1. The van der Waals surface area contributed by atoms with Gasteiger partial charge in [-0.25, -0.2) is 64.4 Å². The van der Waals surface area contributed by atoms with E-state index in [1.807, 2.05) is 38.3 Å². The summed E-state index contributed by atoms with van der Waals surface area (Å²) >= 11 is 0. The van der Waals surface area contributed by atoms with Gasteiger partial charge in [0.1, 0.15) is 54.6 Å². The van der Waals surface area contributed by atoms with Crippen LogP contribution in [0.2, 0.25) is 0 Å². The summed E-state index contributed by atoms with van der Waals surface area (Å²) in [7, 11) is -20.1. The lowest BCUT2D eigenvalue weighted by Gasteiger charge is -2.20. The molecule has 38 heteroatoms. The minimum atomic E-state index is -5.11. The van der Waals surface area contributed by atoms with Crippen LogP contribution in [0.5, 0.6) is 0 Å². The molecule has 0 amide bonds. The third-order valence-corrected chi connectivity index (χ3v) is 26.3. The fourth-order valence-corrected chi connectivity index (χ4v) is 19.1. The number of sulfone groups is 4. The van der Waals surface area contributed by atoms with Crippen LogP contribution in [0.3, 0.4) is 0 Å². The number of aliphatic carboxylic acids is 1. The van der Waals surface area contributed by atoms with Gasteiger partial charge in [-0.05, 0) is 200 Å². The normalized spacial score (nSPS) is 19.5. The van der Waals surface area contributed by atoms with Crippen LogP contribution in [-0.4, -0.2) is 114 Å². The van der Waals surface area contributed by atoms with Crippen LogP contribution in [0, 0.1) is 38.2 Å². The van der Waals surface area contributed by atoms with E-state index < -0.39 is 168 Å². The molecule has 115 heavy (non-hydrogen) atoms. The van der Waals surface area contributed by atoms with E-state index in [1.165, 1.54) is 71.3 Å². The molecule has 0 saturated heterocycles. The molecule has 0 saturated carbocycles. The number of aldehydes is 1. The molecule has 4 aliphatic heterocycles. The molecule has 7 heterocycles. The van der Waals surface area contributed by atoms with Crippen LogP contribution < -0.4 is 0 Å². The van der Waals surface area contributed by atoms with Gasteiger partial charge >= 0.3 is 38.9 Å². The Labute approximate surface area is 646 Å². The Morgan fingerprint density at radius 1 is 0.435 bits per heavy atom. The number of aromatic nitrogens is 3. The number of aryl methyl sites for hydroxylation is 1. The summed E-state index contributed by atoms with van der Waals surface area (Å²) in [5, 5.41) is 1.70. The SMILES string of the molecule is Cc1c(Cc2ccc3c(c2)C(F)C(F)(F)S3(=O)=O)c2cc(F)ccc2n1CC(=O)O.Cc1c(Cc2ccc3c(c2)C(F)C(F)(F)S3(=O)=O)c2cc(F)ccc2n1CC(=O)OC(C)(C)C.Cc1cc2cc(F)ccc2n1CC(=O)OC(C)(C)C.O=Cc1ccc2c(c1)C(F)C(F)(F)S2(=O)=O.O=S1(=O)c2ccc(CO)cc2C(F)C1(F)F. The van der Waals surface area contributed by atoms with Crippen molar-refractivity contribution in [3.63, 3.8) is 0 Å². The zero-order valence-corrected chi connectivity index (χ0v) is 64.9. The third-order valence-electron chi connectivity index (χ3n) is 18.8. The van der Waals surface area contributed by atoms with Crippen molar-refractivity contribution in [2.45, 2.75) is 178 Å². The number of esters is 2. The summed E-state index contributed by atoms with van der Waals surface area (Å²) in [6.45, 7) is 15.1. The zero-order valence-electron chi connectivity index (χ0n) is 61.6. The average molecular weight is 1700 g/mol. The van der Waals surface area contributed by atoms with Gasteiger partial charge < -0.3 is 33.4 Å². The second-order valence-electron chi connectivity index (χ2n) is 29.0. The second kappa shape index (κ2) is 30.9. The first-order valence-corrected chi connectivity index (χ1v) is 40.0. The maximum absolute atomic E-state index is 14.3. The topological polar surface area (TPSA) is 279 Å². The predicted molar refractivity (Wildman–Crippen MR) is 386 cm³/mol. The summed E-state index contributed by atoms with van der Waals surface area (Å²) in [5.41, 5.74) is 2.26. The molecule has 0 spiro atoms. The zero-order chi connectivity index (χ0) is 85.7. The molecule has 0 aliphatic carbocycles. The summed E-state index contributed by atoms with van der Waals surface area (Å²) in [5.74, 6) is -3.21. The standard InChI is InChI=1S/C24H23F4NO4S.C20H15F4NO4S.C15H18FNO2.C9H7F3O3S.C9H5F3O3S/c1-13-16(9-14-5-8-20-18(10-14)22(26)24(27,28)34(20,31)32)17-11-15(25)6-7-19(17)29(13)12-21(30)33-23(2,3)4;1-10-13(14-8-12(21)3-4-16(14)25(10)9-18(26)27)6-11-2-5-17-15(7-11)19(22)20(23,24)30(17,28)29;1-10-7-11-8-12(16)5-6-13(11)17(10)9-14(18)19-15(2,3)4;2*10-8-6-3-5(4-13)1-2-7(6)16(14,15)9(8,11)12/h5-8,10-11,22H,9,12H2,1-4H3;2-5,7-8,19H,6,9H2,1H3,(H,26,27);5-8H,9H2,1-4H3;1-3,8,13H,4H2;1-4,8H. The monoisotopic (exact) mass is 1700 g/mol. The highest BCUT2D eigenvalue weighted by Gasteiger charge is 2.65. The predicted octanol–water partition coefficient (Wildman–Crippen LogP) is 16.5. The van der Waals surface area contributed by atoms with Crippen LogP contribution in [-0.2, 0) is 102 Å². The van der Waals surface area contributed by atoms with Gasteiger partial charge in [-0.3, -0.25) is 19.2 Å². The number of ether oxygens (including phenoxy) is 2. The minimum Gasteiger partial charge on any atom is -0.480 e. The number of aliphatic hydroxyl groups is 1. The van der Waals surface area contributed by atoms with E-state index in [0.29, 0.717) is 61.7 Å². The molecule has 616 valence electrons. The summed E-state index contributed by atoms with van der Waals surface area (Å²) in [6.07, 6.45) is -11.3. The lowest BCUT2D eigenvalue weighted by atomic mass is 9.99. The number of hydrogen-bond acceptors (Lipinski definition) is 15. The fraction of sp³-hybridized carbons (Fsp3) is 0.325. The summed E-state index contributed by atoms with van der Waals surface area (Å²) in [4.78, 5) is 43.0. The summed E-state index contributed by atoms with van der Waals surface area (Å²) < 4.78 is 313. The Kier molecular flexibility index (Phi) is 23.4. The molecular weight excluding hydrogens is 1640 g/mol. The van der Waals surface area contributed by atoms with Gasteiger partial charge in [0.05, 0.1) is 26.2 Å². The number of halogens is 15. The van der Waals surface area contributed by atoms with E-state index in [4.69, 9.17) is 14.6 Å². The molecular formula is C77H68F15N3O16S4. The highest BCUT2D eigenvalue weighted by molar-refractivity contribution is 7.93. The molecule has 3 aromatic heterocycles. The van der Waals surface area contributed by atoms with Crippen molar-refractivity contribution < 1.29 is 138 Å². The Morgan fingerprint density at radius 3 is 1.11 bits per heavy atom. The van der Waals surface area contributed by atoms with Crippen LogP contribution in [0.4, 0.5) is 65.9 Å². The number of aliphatic hydroxyl groups excluding tert-OH is 1. The van der Waals surface area contributed by atoms with Crippen LogP contribution in [0.15, 0.2) is 153 Å². The molecule has 0 bridgehead atoms. The Balaban J connectivity index is 0.000000157. The summed E-state index contributed by atoms with van der Waals surface area (Å²) in [6, 6.07) is 26.8. The fourth-order valence-electron chi connectivity index (χ4n) is 13.4. The van der Waals surface area contributed by atoms with Crippen molar-refractivity contribution in [1.82, 2.24) is 13.7 Å². The van der Waals surface area contributed by atoms with E-state index in [0.717, 1.165) is 71.2 Å². The molecule has 2 N–H and O–H groups in total. The maximum atomic E-state index is 14.3. The Morgan fingerprint density at radius 2 is 0.757 bits per heavy atom. The highest BCUT2D eigenvalue weighted by atomic mass is 32.2. The third kappa shape index (κ3) is 16.1. The average Bonchev–Trinajstić information content (AvgIpc) is 1.58. The van der Waals surface area contributed by atoms with E-state index in [1.54, 1.807) is 45.3 Å². The smallest absolute Gasteiger partial charge is 0.384 e. The number of carbonyl (C=O) groups is 4. The Hall–Kier alpha value is -10.1. The van der Waals surface area contributed by atoms with Crippen molar-refractivity contribution in [3.8, 4) is 0 Å². The molecule has 7 aromatic carbocycles. The molecule has 14 rings (SSSR count). The Bertz CT molecular complexity index is 6110. The lowest BCUT2D eigenvalue weighted by Crippen LogP contribution is -2.26. The van der Waals surface area contributed by atoms with E-state index in [2.05, 4.69) is 0 Å². The van der Waals surface area contributed by atoms with Crippen molar-refractivity contribution in [2.75, 3.05) is 0 Å². The molecule has 4 aliphatic rings. The van der Waals surface area contributed by atoms with Crippen LogP contribution in [0.25, 0.3) is 32.7 Å². The molecule has 19 nitrogen and oxygen atoms in total. The molecule has 4 unspecified atom stereocenters. The number of carbonyl (C=O) groups excluding carboxylic acids is 3. The van der Waals surface area contributed by atoms with Crippen molar-refractivity contribution >= 4 is 96.3 Å². The van der Waals surface area contributed by atoms with Crippen molar-refractivity contribution in [2.24, 2.45) is 0 Å². The van der Waals surface area contributed by atoms with Gasteiger partial charge in [-0.2, -0.15) is 35.1 Å². The van der Waals surface area contributed by atoms with Gasteiger partial charge in [-0.1, -0.05) is 36.4 Å². The number of rotatable bonds is 12. The number of hydrogen-bond donors (Lipinski definition) is 2. The largest absolute Gasteiger partial charge is 0.480 e. The molecule has 10 aromatic rings. The highest BCUT2D eigenvalue weighted by Crippen LogP contribution is 2.55. The van der Waals surface area contributed by atoms with E-state index >= 15 is 0 Å². The van der Waals surface area contributed by atoms with Crippen LogP contribution >= 0.6 is 0 Å². The van der Waals surface area contributed by atoms with Gasteiger partial charge in [0.25, 0.3) is 0 Å². The number of nitrogens with zero attached hydrogens (tertiary/aromatic N) is 3. The first-order chi connectivity index (χ1) is 53.0. The number of carboxylic acid groups (broad SMARTS) is 1. The van der Waals surface area contributed by atoms with Crippen molar-refractivity contribution in [1.29, 1.82) is 0 Å². The van der Waals surface area contributed by atoms with Crippen molar-refractivity contribution in [3.05, 3.63) is 224 Å². The quantitative estimate of drug-likeness (QED) is 0.0653. The minimum absolute atomic E-state index is 0.0457. The second-order valence-corrected chi connectivity index (χ2v) is 37.0. The first kappa shape index (κ1) is 87.3. The number of alkyl halides is 12. The van der Waals surface area contributed by atoms with Gasteiger partial charge in [0.2, 0.25) is 64.0 Å². The number of fused-ring (bicyclic) bond motifs is 7. The molecule has 0 fully saturated rings. The molecule has 4 atom stereocenters. The first-order valence-electron chi connectivity index (χ1n) is 34.1. The van der Waals surface area contributed by atoms with Crippen LogP contribution in [0.1, 0.15) is 144 Å². The lowest BCUT2D eigenvalue weighted by molar-refractivity contribution is -0.156. The number of benzene rings is 7.